The molecule has 0 saturated carbocycles. The van der Waals surface area contributed by atoms with Crippen LogP contribution in [0.3, 0.4) is 0 Å². The maximum absolute atomic E-state index is 12.4. The van der Waals surface area contributed by atoms with Gasteiger partial charge in [-0.05, 0) is 62.4 Å². The van der Waals surface area contributed by atoms with Gasteiger partial charge in [0.05, 0.1) is 18.0 Å². The van der Waals surface area contributed by atoms with E-state index >= 15 is 0 Å². The molecule has 1 N–H and O–H groups in total. The molecule has 1 aromatic heterocycles. The lowest BCUT2D eigenvalue weighted by molar-refractivity contribution is 0.339. The minimum absolute atomic E-state index is 0.172. The van der Waals surface area contributed by atoms with Gasteiger partial charge in [0.2, 0.25) is 10.0 Å². The molecule has 27 heavy (non-hydrogen) atoms. The second-order valence-corrected chi connectivity index (χ2v) is 8.39. The Hall–Kier alpha value is -2.42. The third kappa shape index (κ3) is 5.29. The van der Waals surface area contributed by atoms with Crippen LogP contribution >= 0.6 is 11.3 Å². The summed E-state index contributed by atoms with van der Waals surface area (Å²) in [6.07, 6.45) is 0. The van der Waals surface area contributed by atoms with Crippen molar-refractivity contribution in [3.8, 4) is 17.2 Å². The highest BCUT2D eigenvalue weighted by molar-refractivity contribution is 7.89. The van der Waals surface area contributed by atoms with Crippen molar-refractivity contribution in [1.82, 2.24) is 9.71 Å². The van der Waals surface area contributed by atoms with Crippen molar-refractivity contribution in [2.24, 2.45) is 0 Å². The van der Waals surface area contributed by atoms with Gasteiger partial charge in [0.25, 0.3) is 0 Å². The molecule has 0 aliphatic heterocycles. The number of nitrogens with one attached hydrogen (secondary N) is 1. The van der Waals surface area contributed by atoms with Crippen LogP contribution in [0.2, 0.25) is 0 Å². The van der Waals surface area contributed by atoms with Crippen LogP contribution in [0.4, 0.5) is 0 Å². The van der Waals surface area contributed by atoms with Crippen LogP contribution in [0, 0.1) is 6.92 Å². The molecule has 0 fully saturated rings. The van der Waals surface area contributed by atoms with E-state index in [0.717, 1.165) is 16.5 Å². The molecule has 3 aromatic rings. The number of hydrogen-bond acceptors (Lipinski definition) is 6. The van der Waals surface area contributed by atoms with E-state index in [-0.39, 0.29) is 11.4 Å². The van der Waals surface area contributed by atoms with Crippen LogP contribution in [0.5, 0.6) is 17.2 Å². The first-order valence-corrected chi connectivity index (χ1v) is 10.7. The van der Waals surface area contributed by atoms with Gasteiger partial charge in [0.15, 0.2) is 0 Å². The second kappa shape index (κ2) is 8.51. The minimum Gasteiger partial charge on any atom is -0.494 e. The van der Waals surface area contributed by atoms with E-state index in [1.165, 1.54) is 23.5 Å². The summed E-state index contributed by atoms with van der Waals surface area (Å²) in [7, 11) is -3.61. The summed E-state index contributed by atoms with van der Waals surface area (Å²) in [4.78, 5) is 4.42. The highest BCUT2D eigenvalue weighted by Gasteiger charge is 2.14. The van der Waals surface area contributed by atoms with Crippen molar-refractivity contribution in [3.63, 3.8) is 0 Å². The normalized spacial score (nSPS) is 11.3. The monoisotopic (exact) mass is 404 g/mol. The van der Waals surface area contributed by atoms with Gasteiger partial charge < -0.3 is 9.47 Å². The van der Waals surface area contributed by atoms with Crippen LogP contribution in [0.15, 0.2) is 58.8 Å². The van der Waals surface area contributed by atoms with E-state index in [2.05, 4.69) is 9.71 Å². The van der Waals surface area contributed by atoms with Gasteiger partial charge in [-0.15, -0.1) is 11.3 Å². The van der Waals surface area contributed by atoms with E-state index in [9.17, 15) is 8.42 Å². The number of ether oxygens (including phenoxy) is 2. The lowest BCUT2D eigenvalue weighted by Crippen LogP contribution is -2.23. The molecule has 0 amide bonds. The molecule has 8 heteroatoms. The summed E-state index contributed by atoms with van der Waals surface area (Å²) >= 11 is 1.43. The molecule has 0 aliphatic rings. The van der Waals surface area contributed by atoms with Crippen molar-refractivity contribution in [1.29, 1.82) is 0 Å². The van der Waals surface area contributed by atoms with Crippen molar-refractivity contribution in [2.75, 3.05) is 6.61 Å². The predicted molar refractivity (Wildman–Crippen MR) is 105 cm³/mol. The fraction of sp³-hybridized carbons (Fsp3) is 0.211. The quantitative estimate of drug-likeness (QED) is 0.611. The third-order valence-corrected chi connectivity index (χ3v) is 5.97. The summed E-state index contributed by atoms with van der Waals surface area (Å²) in [6.45, 7) is 4.57. The van der Waals surface area contributed by atoms with Gasteiger partial charge in [0, 0.05) is 11.1 Å². The Morgan fingerprint density at radius 2 is 1.59 bits per heavy atom. The summed E-state index contributed by atoms with van der Waals surface area (Å²) in [5.74, 6) is 1.97. The van der Waals surface area contributed by atoms with Crippen LogP contribution < -0.4 is 14.2 Å². The molecule has 2 aromatic carbocycles. The molecular weight excluding hydrogens is 384 g/mol. The topological polar surface area (TPSA) is 77.5 Å². The van der Waals surface area contributed by atoms with Crippen molar-refractivity contribution >= 4 is 21.4 Å². The molecule has 0 bridgehead atoms. The average molecular weight is 405 g/mol. The van der Waals surface area contributed by atoms with Crippen molar-refractivity contribution in [3.05, 3.63) is 64.6 Å². The smallest absolute Gasteiger partial charge is 0.240 e. The van der Waals surface area contributed by atoms with Crippen LogP contribution in [0.25, 0.3) is 0 Å². The van der Waals surface area contributed by atoms with Gasteiger partial charge in [0.1, 0.15) is 22.3 Å². The Bertz CT molecular complexity index is 981. The molecule has 0 radical (unpaired) electrons. The second-order valence-electron chi connectivity index (χ2n) is 5.69. The number of thiazole rings is 1. The molecule has 142 valence electrons. The van der Waals surface area contributed by atoms with Crippen LogP contribution in [0.1, 0.15) is 17.6 Å². The molecular formula is C19H20N2O4S2. The average Bonchev–Trinajstić information content (AvgIpc) is 3.08. The maximum atomic E-state index is 12.4. The molecule has 0 unspecified atom stereocenters. The summed E-state index contributed by atoms with van der Waals surface area (Å²) < 4.78 is 38.5. The first kappa shape index (κ1) is 19.3. The summed E-state index contributed by atoms with van der Waals surface area (Å²) in [6, 6.07) is 13.5. The number of aryl methyl sites for hydroxylation is 1. The van der Waals surface area contributed by atoms with Gasteiger partial charge in [-0.2, -0.15) is 0 Å². The molecule has 0 saturated heterocycles. The van der Waals surface area contributed by atoms with Gasteiger partial charge in [-0.25, -0.2) is 18.1 Å². The fourth-order valence-corrected chi connectivity index (χ4v) is 4.11. The minimum atomic E-state index is -3.61. The van der Waals surface area contributed by atoms with Crippen molar-refractivity contribution in [2.45, 2.75) is 25.3 Å². The largest absolute Gasteiger partial charge is 0.494 e. The number of benzene rings is 2. The Labute approximate surface area is 162 Å². The van der Waals surface area contributed by atoms with E-state index < -0.39 is 10.0 Å². The van der Waals surface area contributed by atoms with Crippen LogP contribution in [-0.2, 0) is 16.6 Å². The van der Waals surface area contributed by atoms with Gasteiger partial charge >= 0.3 is 0 Å². The summed E-state index contributed by atoms with van der Waals surface area (Å²) in [5.41, 5.74) is 0.880. The van der Waals surface area contributed by atoms with Gasteiger partial charge in [-0.3, -0.25) is 0 Å². The molecule has 0 atom stereocenters. The molecule has 0 spiro atoms. The Balaban J connectivity index is 1.63. The zero-order valence-corrected chi connectivity index (χ0v) is 16.6. The lowest BCUT2D eigenvalue weighted by Gasteiger charge is -2.09. The third-order valence-electron chi connectivity index (χ3n) is 3.58. The number of aromatic nitrogens is 1. The van der Waals surface area contributed by atoms with Gasteiger partial charge in [-0.1, -0.05) is 0 Å². The Kier molecular flexibility index (Phi) is 6.10. The molecule has 6 nitrogen and oxygen atoms in total. The number of sulfonamides is 1. The van der Waals surface area contributed by atoms with Crippen molar-refractivity contribution < 1.29 is 17.9 Å². The Morgan fingerprint density at radius 3 is 2.15 bits per heavy atom. The SMILES string of the molecule is CCOc1ccc(Oc2ccc(S(=O)(=O)NCc3nc(C)cs3)cc2)cc1. The molecule has 3 rings (SSSR count). The number of rotatable bonds is 8. The fourth-order valence-electron chi connectivity index (χ4n) is 2.32. The van der Waals surface area contributed by atoms with E-state index in [1.54, 1.807) is 24.3 Å². The number of hydrogen-bond donors (Lipinski definition) is 1. The Morgan fingerprint density at radius 1 is 1.00 bits per heavy atom. The summed E-state index contributed by atoms with van der Waals surface area (Å²) in [5, 5.41) is 2.61. The van der Waals surface area contributed by atoms with E-state index in [1.807, 2.05) is 31.4 Å². The van der Waals surface area contributed by atoms with Crippen LogP contribution in [-0.4, -0.2) is 20.0 Å². The zero-order valence-electron chi connectivity index (χ0n) is 15.0. The lowest BCUT2D eigenvalue weighted by atomic mass is 10.3. The number of nitrogens with zero attached hydrogens (tertiary/aromatic N) is 1. The first-order valence-electron chi connectivity index (χ1n) is 8.38. The predicted octanol–water partition coefficient (Wildman–Crippen LogP) is 4.12. The molecule has 1 heterocycles. The first-order chi connectivity index (χ1) is 13.0. The zero-order chi connectivity index (χ0) is 19.3. The van der Waals surface area contributed by atoms with E-state index in [0.29, 0.717) is 18.1 Å². The maximum Gasteiger partial charge on any atom is 0.240 e. The highest BCUT2D eigenvalue weighted by Crippen LogP contribution is 2.25. The molecule has 0 aliphatic carbocycles. The van der Waals surface area contributed by atoms with E-state index in [4.69, 9.17) is 9.47 Å². The standard InChI is InChI=1S/C19H20N2O4S2/c1-3-24-15-4-6-16(7-5-15)25-17-8-10-18(11-9-17)27(22,23)20-12-19-21-14(2)13-26-19/h4-11,13,20H,3,12H2,1-2H3. The highest BCUT2D eigenvalue weighted by atomic mass is 32.2.